The first-order chi connectivity index (χ1) is 9.75. The number of halogens is 4. The van der Waals surface area contributed by atoms with Crippen LogP contribution in [0.25, 0.3) is 0 Å². The van der Waals surface area contributed by atoms with Gasteiger partial charge in [-0.3, -0.25) is 0 Å². The van der Waals surface area contributed by atoms with Crippen LogP contribution in [0, 0.1) is 5.92 Å². The molecular formula is C16H23BrF3N. The highest BCUT2D eigenvalue weighted by molar-refractivity contribution is 9.10. The molecule has 0 bridgehead atoms. The fourth-order valence-electron chi connectivity index (χ4n) is 2.33. The van der Waals surface area contributed by atoms with Crippen molar-refractivity contribution in [3.8, 4) is 0 Å². The average Bonchev–Trinajstić information content (AvgIpc) is 2.36. The van der Waals surface area contributed by atoms with Crippen LogP contribution in [0.15, 0.2) is 22.7 Å². The Kier molecular flexibility index (Phi) is 7.21. The third-order valence-corrected chi connectivity index (χ3v) is 4.15. The third kappa shape index (κ3) is 5.99. The van der Waals surface area contributed by atoms with E-state index in [9.17, 15) is 13.2 Å². The first-order valence-corrected chi connectivity index (χ1v) is 8.15. The van der Waals surface area contributed by atoms with Crippen molar-refractivity contribution in [1.82, 2.24) is 5.32 Å². The van der Waals surface area contributed by atoms with Crippen LogP contribution in [0.2, 0.25) is 0 Å². The summed E-state index contributed by atoms with van der Waals surface area (Å²) < 4.78 is 39.3. The average molecular weight is 366 g/mol. The fourth-order valence-corrected chi connectivity index (χ4v) is 2.85. The van der Waals surface area contributed by atoms with Crippen molar-refractivity contribution in [2.24, 2.45) is 5.92 Å². The highest BCUT2D eigenvalue weighted by Crippen LogP contribution is 2.35. The molecule has 0 amide bonds. The maximum atomic E-state index is 12.9. The molecule has 0 aliphatic carbocycles. The van der Waals surface area contributed by atoms with E-state index >= 15 is 0 Å². The second-order valence-electron chi connectivity index (χ2n) is 5.67. The van der Waals surface area contributed by atoms with E-state index in [4.69, 9.17) is 0 Å². The smallest absolute Gasteiger partial charge is 0.310 e. The fraction of sp³-hybridized carbons (Fsp3) is 0.625. The first-order valence-electron chi connectivity index (χ1n) is 7.35. The largest absolute Gasteiger partial charge is 0.416 e. The molecule has 0 aliphatic heterocycles. The van der Waals surface area contributed by atoms with Gasteiger partial charge in [-0.1, -0.05) is 49.5 Å². The van der Waals surface area contributed by atoms with E-state index in [1.165, 1.54) is 12.1 Å². The molecular weight excluding hydrogens is 343 g/mol. The number of benzene rings is 1. The Morgan fingerprint density at radius 3 is 2.38 bits per heavy atom. The summed E-state index contributed by atoms with van der Waals surface area (Å²) in [5.74, 6) is 0.609. The number of nitrogens with one attached hydrogen (secondary N) is 1. The second kappa shape index (κ2) is 8.18. The Morgan fingerprint density at radius 2 is 1.86 bits per heavy atom. The summed E-state index contributed by atoms with van der Waals surface area (Å²) >= 11 is 3.38. The lowest BCUT2D eigenvalue weighted by Crippen LogP contribution is -2.22. The van der Waals surface area contributed by atoms with Crippen molar-refractivity contribution in [3.05, 3.63) is 33.8 Å². The molecule has 0 radical (unpaired) electrons. The van der Waals surface area contributed by atoms with E-state index in [1.54, 1.807) is 0 Å². The van der Waals surface area contributed by atoms with Gasteiger partial charge in [-0.25, -0.2) is 0 Å². The van der Waals surface area contributed by atoms with Crippen molar-refractivity contribution in [1.29, 1.82) is 0 Å². The van der Waals surface area contributed by atoms with Gasteiger partial charge in [0.2, 0.25) is 0 Å². The zero-order valence-corrected chi connectivity index (χ0v) is 14.3. The molecule has 120 valence electrons. The molecule has 0 aliphatic rings. The minimum absolute atomic E-state index is 0.0505. The summed E-state index contributed by atoms with van der Waals surface area (Å²) in [6.45, 7) is 7.01. The summed E-state index contributed by atoms with van der Waals surface area (Å²) in [6, 6.07) is 3.81. The number of alkyl halides is 3. The van der Waals surface area contributed by atoms with E-state index in [0.29, 0.717) is 11.5 Å². The van der Waals surface area contributed by atoms with Gasteiger partial charge in [0.15, 0.2) is 0 Å². The SMILES string of the molecule is CCNC(CCCC(C)C)c1cc(C(F)(F)F)ccc1Br. The lowest BCUT2D eigenvalue weighted by Gasteiger charge is -2.21. The van der Waals surface area contributed by atoms with Crippen LogP contribution in [0.3, 0.4) is 0 Å². The van der Waals surface area contributed by atoms with Gasteiger partial charge in [0.05, 0.1) is 5.56 Å². The molecule has 1 N–H and O–H groups in total. The van der Waals surface area contributed by atoms with Crippen LogP contribution in [-0.4, -0.2) is 6.54 Å². The van der Waals surface area contributed by atoms with Crippen molar-refractivity contribution in [3.63, 3.8) is 0 Å². The standard InChI is InChI=1S/C16H23BrF3N/c1-4-21-15(7-5-6-11(2)3)13-10-12(16(18,19)20)8-9-14(13)17/h8-11,15,21H,4-7H2,1-3H3. The van der Waals surface area contributed by atoms with Gasteiger partial charge in [-0.05, 0) is 42.6 Å². The van der Waals surface area contributed by atoms with Gasteiger partial charge >= 0.3 is 6.18 Å². The van der Waals surface area contributed by atoms with Gasteiger partial charge < -0.3 is 5.32 Å². The molecule has 0 spiro atoms. The number of hydrogen-bond acceptors (Lipinski definition) is 1. The van der Waals surface area contributed by atoms with Gasteiger partial charge in [0.25, 0.3) is 0 Å². The van der Waals surface area contributed by atoms with Crippen LogP contribution in [0.1, 0.15) is 57.2 Å². The third-order valence-electron chi connectivity index (χ3n) is 3.42. The molecule has 0 heterocycles. The molecule has 0 aromatic heterocycles. The molecule has 1 nitrogen and oxygen atoms in total. The van der Waals surface area contributed by atoms with Crippen LogP contribution < -0.4 is 5.32 Å². The molecule has 5 heteroatoms. The van der Waals surface area contributed by atoms with Crippen LogP contribution in [-0.2, 0) is 6.18 Å². The number of rotatable bonds is 7. The summed E-state index contributed by atoms with van der Waals surface area (Å²) in [4.78, 5) is 0. The normalized spacial score (nSPS) is 13.7. The molecule has 21 heavy (non-hydrogen) atoms. The highest BCUT2D eigenvalue weighted by Gasteiger charge is 2.31. The Balaban J connectivity index is 2.95. The monoisotopic (exact) mass is 365 g/mol. The second-order valence-corrected chi connectivity index (χ2v) is 6.52. The summed E-state index contributed by atoms with van der Waals surface area (Å²) in [7, 11) is 0. The highest BCUT2D eigenvalue weighted by atomic mass is 79.9. The Morgan fingerprint density at radius 1 is 1.19 bits per heavy atom. The van der Waals surface area contributed by atoms with Crippen LogP contribution >= 0.6 is 15.9 Å². The van der Waals surface area contributed by atoms with E-state index in [0.717, 1.165) is 36.3 Å². The summed E-state index contributed by atoms with van der Waals surface area (Å²) in [5.41, 5.74) is 0.0999. The maximum Gasteiger partial charge on any atom is 0.416 e. The summed E-state index contributed by atoms with van der Waals surface area (Å²) in [5, 5.41) is 3.29. The minimum atomic E-state index is -4.30. The maximum absolute atomic E-state index is 12.9. The topological polar surface area (TPSA) is 12.0 Å². The Bertz CT molecular complexity index is 444. The lowest BCUT2D eigenvalue weighted by molar-refractivity contribution is -0.137. The Labute approximate surface area is 133 Å². The zero-order valence-electron chi connectivity index (χ0n) is 12.7. The van der Waals surface area contributed by atoms with E-state index in [-0.39, 0.29) is 6.04 Å². The zero-order chi connectivity index (χ0) is 16.0. The Hall–Kier alpha value is -0.550. The predicted molar refractivity (Wildman–Crippen MR) is 84.3 cm³/mol. The van der Waals surface area contributed by atoms with Gasteiger partial charge in [0, 0.05) is 10.5 Å². The predicted octanol–water partition coefficient (Wildman–Crippen LogP) is 5.94. The van der Waals surface area contributed by atoms with E-state index in [2.05, 4.69) is 35.1 Å². The van der Waals surface area contributed by atoms with Gasteiger partial charge in [-0.15, -0.1) is 0 Å². The lowest BCUT2D eigenvalue weighted by atomic mass is 9.96. The van der Waals surface area contributed by atoms with Crippen LogP contribution in [0.4, 0.5) is 13.2 Å². The van der Waals surface area contributed by atoms with Crippen molar-refractivity contribution < 1.29 is 13.2 Å². The van der Waals surface area contributed by atoms with E-state index in [1.807, 2.05) is 6.92 Å². The molecule has 1 aromatic carbocycles. The van der Waals surface area contributed by atoms with Gasteiger partial charge in [0.1, 0.15) is 0 Å². The molecule has 1 aromatic rings. The van der Waals surface area contributed by atoms with Gasteiger partial charge in [-0.2, -0.15) is 13.2 Å². The minimum Gasteiger partial charge on any atom is -0.310 e. The van der Waals surface area contributed by atoms with Crippen molar-refractivity contribution in [2.45, 2.75) is 52.3 Å². The van der Waals surface area contributed by atoms with Crippen molar-refractivity contribution >= 4 is 15.9 Å². The molecule has 0 fully saturated rings. The van der Waals surface area contributed by atoms with Crippen molar-refractivity contribution in [2.75, 3.05) is 6.54 Å². The molecule has 0 saturated carbocycles. The first kappa shape index (κ1) is 18.5. The molecule has 1 atom stereocenters. The molecule has 1 rings (SSSR count). The summed E-state index contributed by atoms with van der Waals surface area (Å²) in [6.07, 6.45) is -1.38. The molecule has 1 unspecified atom stereocenters. The molecule has 0 saturated heterocycles. The van der Waals surface area contributed by atoms with Crippen LogP contribution in [0.5, 0.6) is 0 Å². The van der Waals surface area contributed by atoms with E-state index < -0.39 is 11.7 Å². The number of hydrogen-bond donors (Lipinski definition) is 1. The quantitative estimate of drug-likeness (QED) is 0.629.